The Morgan fingerprint density at radius 2 is 2.26 bits per heavy atom. The van der Waals surface area contributed by atoms with Crippen LogP contribution in [0.25, 0.3) is 0 Å². The van der Waals surface area contributed by atoms with E-state index in [1.165, 1.54) is 0 Å². The molecule has 4 heterocycles. The minimum absolute atomic E-state index is 0.0270. The monoisotopic (exact) mass is 388 g/mol. The number of guanidine groups is 1. The van der Waals surface area contributed by atoms with E-state index in [1.54, 1.807) is 0 Å². The van der Waals surface area contributed by atoms with Gasteiger partial charge in [0.15, 0.2) is 11.7 Å². The summed E-state index contributed by atoms with van der Waals surface area (Å²) in [4.78, 5) is 20.9. The molecule has 0 bridgehead atoms. The summed E-state index contributed by atoms with van der Waals surface area (Å²) in [6, 6.07) is -0.0281. The van der Waals surface area contributed by atoms with Gasteiger partial charge in [0.1, 0.15) is 5.69 Å². The number of nitrogens with two attached hydrogens (primary N) is 1. The molecule has 8 heteroatoms. The van der Waals surface area contributed by atoms with Crippen molar-refractivity contribution >= 4 is 43.7 Å². The van der Waals surface area contributed by atoms with E-state index in [2.05, 4.69) is 47.2 Å². The van der Waals surface area contributed by atoms with Gasteiger partial charge in [-0.05, 0) is 38.3 Å². The van der Waals surface area contributed by atoms with E-state index in [9.17, 15) is 4.79 Å². The summed E-state index contributed by atoms with van der Waals surface area (Å²) in [5.74, 6) is 0.556. The molecule has 0 aliphatic carbocycles. The lowest BCUT2D eigenvalue weighted by molar-refractivity contribution is -0.515. The minimum Gasteiger partial charge on any atom is -0.344 e. The van der Waals surface area contributed by atoms with Gasteiger partial charge in [0.05, 0.1) is 9.08 Å². The van der Waals surface area contributed by atoms with Gasteiger partial charge in [-0.2, -0.15) is 0 Å². The van der Waals surface area contributed by atoms with Gasteiger partial charge >= 0.3 is 5.96 Å². The van der Waals surface area contributed by atoms with Crippen LogP contribution in [0, 0.1) is 0 Å². The Morgan fingerprint density at radius 3 is 3.05 bits per heavy atom. The third kappa shape index (κ3) is 1.26. The molecule has 1 saturated heterocycles. The molecule has 3 aliphatic rings. The predicted octanol–water partition coefficient (Wildman–Crippen LogP) is -0.475. The van der Waals surface area contributed by atoms with Crippen molar-refractivity contribution in [2.45, 2.75) is 24.5 Å². The number of aromatic nitrogens is 1. The molecular formula is C11H12Br2N5O+. The third-order valence-electron chi connectivity index (χ3n) is 4.23. The van der Waals surface area contributed by atoms with Gasteiger partial charge in [-0.15, -0.1) is 0 Å². The molecule has 19 heavy (non-hydrogen) atoms. The van der Waals surface area contributed by atoms with Crippen LogP contribution < -0.4 is 16.0 Å². The number of rotatable bonds is 0. The summed E-state index contributed by atoms with van der Waals surface area (Å²) >= 11 is 6.98. The zero-order chi connectivity index (χ0) is 13.4. The number of carbonyl (C=O) groups excluding carboxylic acids is 1. The number of H-pyrrole nitrogens is 1. The van der Waals surface area contributed by atoms with Crippen molar-refractivity contribution in [2.75, 3.05) is 6.54 Å². The van der Waals surface area contributed by atoms with Crippen LogP contribution in [0.15, 0.2) is 9.08 Å². The zero-order valence-corrected chi connectivity index (χ0v) is 13.1. The van der Waals surface area contributed by atoms with E-state index in [0.29, 0.717) is 11.7 Å². The molecule has 1 amide bonds. The first kappa shape index (κ1) is 11.8. The predicted molar refractivity (Wildman–Crippen MR) is 75.2 cm³/mol. The summed E-state index contributed by atoms with van der Waals surface area (Å²) in [6.45, 7) is 0.755. The molecule has 3 aliphatic heterocycles. The summed E-state index contributed by atoms with van der Waals surface area (Å²) in [7, 11) is 0. The summed E-state index contributed by atoms with van der Waals surface area (Å²) in [5.41, 5.74) is 7.08. The molecule has 1 fully saturated rings. The van der Waals surface area contributed by atoms with Crippen LogP contribution in [0.2, 0.25) is 0 Å². The Hall–Kier alpha value is -1.02. The van der Waals surface area contributed by atoms with E-state index in [1.807, 2.05) is 4.90 Å². The van der Waals surface area contributed by atoms with Crippen LogP contribution >= 0.6 is 31.9 Å². The van der Waals surface area contributed by atoms with Crippen molar-refractivity contribution in [2.24, 2.45) is 5.73 Å². The van der Waals surface area contributed by atoms with Gasteiger partial charge in [-0.1, -0.05) is 0 Å². The molecule has 1 aromatic heterocycles. The highest BCUT2D eigenvalue weighted by atomic mass is 79.9. The lowest BCUT2D eigenvalue weighted by atomic mass is 9.88. The van der Waals surface area contributed by atoms with Gasteiger partial charge in [-0.3, -0.25) is 25.7 Å². The first-order chi connectivity index (χ1) is 9.04. The number of carbonyl (C=O) groups is 1. The fraction of sp³-hybridized carbons (Fsp3) is 0.455. The molecule has 100 valence electrons. The largest absolute Gasteiger partial charge is 0.344 e. The highest BCUT2D eigenvalue weighted by molar-refractivity contribution is 9.13. The van der Waals surface area contributed by atoms with Crippen molar-refractivity contribution in [3.05, 3.63) is 20.3 Å². The van der Waals surface area contributed by atoms with Gasteiger partial charge in [0.2, 0.25) is 0 Å². The van der Waals surface area contributed by atoms with Crippen LogP contribution in [0.3, 0.4) is 0 Å². The number of fused-ring (bicyclic) bond motifs is 2. The zero-order valence-electron chi connectivity index (χ0n) is 9.89. The van der Waals surface area contributed by atoms with Gasteiger partial charge in [0.25, 0.3) is 5.91 Å². The highest BCUT2D eigenvalue weighted by Gasteiger charge is 2.62. The van der Waals surface area contributed by atoms with Crippen LogP contribution in [-0.4, -0.2) is 34.0 Å². The maximum Gasteiger partial charge on any atom is 0.343 e. The van der Waals surface area contributed by atoms with E-state index >= 15 is 0 Å². The first-order valence-electron chi connectivity index (χ1n) is 6.10. The van der Waals surface area contributed by atoms with E-state index in [-0.39, 0.29) is 11.9 Å². The minimum atomic E-state index is -0.418. The van der Waals surface area contributed by atoms with Gasteiger partial charge < -0.3 is 4.98 Å². The molecule has 1 aromatic rings. The highest BCUT2D eigenvalue weighted by Crippen LogP contribution is 2.46. The van der Waals surface area contributed by atoms with E-state index in [4.69, 9.17) is 5.73 Å². The Morgan fingerprint density at radius 1 is 1.47 bits per heavy atom. The third-order valence-corrected chi connectivity index (χ3v) is 6.18. The Bertz CT molecular complexity index is 639. The fourth-order valence-electron chi connectivity index (χ4n) is 3.52. The second kappa shape index (κ2) is 3.54. The molecule has 2 unspecified atom stereocenters. The number of amides is 1. The molecule has 0 saturated carbocycles. The second-order valence-electron chi connectivity index (χ2n) is 5.14. The number of nitrogens with zero attached hydrogens (tertiary/aromatic N) is 1. The van der Waals surface area contributed by atoms with E-state index < -0.39 is 5.66 Å². The Labute approximate surface area is 126 Å². The van der Waals surface area contributed by atoms with Crippen molar-refractivity contribution < 1.29 is 9.79 Å². The molecule has 4 rings (SSSR count). The molecule has 0 radical (unpaired) electrons. The van der Waals surface area contributed by atoms with E-state index in [0.717, 1.165) is 34.0 Å². The Kier molecular flexibility index (Phi) is 2.20. The second-order valence-corrected chi connectivity index (χ2v) is 6.73. The lowest BCUT2D eigenvalue weighted by Crippen LogP contribution is -2.77. The number of hydrogen-bond acceptors (Lipinski definition) is 3. The summed E-state index contributed by atoms with van der Waals surface area (Å²) in [5, 5.41) is 3.28. The SMILES string of the molecule is NC1=[NH+]C2c3c([nH]c(Br)c3Br)C(=O)N3CCCC23N1. The van der Waals surface area contributed by atoms with Crippen LogP contribution in [0.1, 0.15) is 34.9 Å². The Balaban J connectivity index is 2.01. The topological polar surface area (TPSA) is 88.1 Å². The number of aromatic amines is 1. The van der Waals surface area contributed by atoms with Gasteiger partial charge in [0, 0.05) is 18.5 Å². The smallest absolute Gasteiger partial charge is 0.343 e. The van der Waals surface area contributed by atoms with Crippen LogP contribution in [0.4, 0.5) is 0 Å². The van der Waals surface area contributed by atoms with Crippen LogP contribution in [-0.2, 0) is 0 Å². The van der Waals surface area contributed by atoms with Crippen LogP contribution in [0.5, 0.6) is 0 Å². The normalized spacial score (nSPS) is 31.7. The molecule has 6 nitrogen and oxygen atoms in total. The number of nitrogens with one attached hydrogen (secondary N) is 3. The lowest BCUT2D eigenvalue weighted by Gasteiger charge is -2.39. The fourth-order valence-corrected chi connectivity index (χ4v) is 4.45. The quantitative estimate of drug-likeness (QED) is 0.483. The maximum atomic E-state index is 12.6. The average Bonchev–Trinajstić information content (AvgIpc) is 2.99. The van der Waals surface area contributed by atoms with Crippen molar-refractivity contribution in [3.63, 3.8) is 0 Å². The van der Waals surface area contributed by atoms with Crippen molar-refractivity contribution in [3.8, 4) is 0 Å². The molecular weight excluding hydrogens is 378 g/mol. The first-order valence-corrected chi connectivity index (χ1v) is 7.69. The standard InChI is InChI=1S/C11H11Br2N5O/c12-5-4-6(15-8(5)13)9(19)18-3-1-2-11(18)7(4)16-10(14)17-11/h7,15H,1-3H2,(H3,14,16,17)/p+1. The molecule has 0 aromatic carbocycles. The summed E-state index contributed by atoms with van der Waals surface area (Å²) < 4.78 is 1.67. The maximum absolute atomic E-state index is 12.6. The van der Waals surface area contributed by atoms with Crippen molar-refractivity contribution in [1.29, 1.82) is 0 Å². The van der Waals surface area contributed by atoms with Crippen molar-refractivity contribution in [1.82, 2.24) is 15.2 Å². The van der Waals surface area contributed by atoms with Gasteiger partial charge in [-0.25, -0.2) is 0 Å². The molecule has 2 atom stereocenters. The number of halogens is 2. The molecule has 1 spiro atoms. The average molecular weight is 390 g/mol. The summed E-state index contributed by atoms with van der Waals surface area (Å²) in [6.07, 6.45) is 1.87. The number of hydrogen-bond donors (Lipinski definition) is 4. The molecule has 5 N–H and O–H groups in total.